The molecule has 0 nitrogen and oxygen atoms in total. The summed E-state index contributed by atoms with van der Waals surface area (Å²) in [5, 5.41) is 0. The van der Waals surface area contributed by atoms with Gasteiger partial charge in [-0.1, -0.05) is 45.9 Å². The van der Waals surface area contributed by atoms with E-state index in [9.17, 15) is 13.2 Å². The van der Waals surface area contributed by atoms with E-state index in [1.165, 1.54) is 6.08 Å². The molecular formula is C12H19F3. The third-order valence-corrected chi connectivity index (χ3v) is 2.87. The Morgan fingerprint density at radius 1 is 1.27 bits per heavy atom. The topological polar surface area (TPSA) is 0 Å². The molecule has 0 N–H and O–H groups in total. The zero-order valence-electron chi connectivity index (χ0n) is 9.56. The molecule has 0 aromatic carbocycles. The van der Waals surface area contributed by atoms with Gasteiger partial charge in [0.05, 0.1) is 5.57 Å². The van der Waals surface area contributed by atoms with Gasteiger partial charge in [-0.15, -0.1) is 0 Å². The third-order valence-electron chi connectivity index (χ3n) is 2.87. The molecule has 0 aliphatic heterocycles. The largest absolute Gasteiger partial charge is 0.416 e. The van der Waals surface area contributed by atoms with Crippen LogP contribution in [0.4, 0.5) is 13.2 Å². The number of halogens is 3. The van der Waals surface area contributed by atoms with E-state index < -0.39 is 11.7 Å². The van der Waals surface area contributed by atoms with Crippen LogP contribution in [0.15, 0.2) is 24.3 Å². The molecule has 0 aromatic rings. The van der Waals surface area contributed by atoms with Crippen LogP contribution >= 0.6 is 0 Å². The molecule has 0 fully saturated rings. The molecule has 0 spiro atoms. The lowest BCUT2D eigenvalue weighted by Crippen LogP contribution is -2.11. The summed E-state index contributed by atoms with van der Waals surface area (Å²) < 4.78 is 36.9. The van der Waals surface area contributed by atoms with Crippen molar-refractivity contribution in [3.05, 3.63) is 24.3 Å². The minimum Gasteiger partial charge on any atom is -0.166 e. The monoisotopic (exact) mass is 220 g/mol. The second-order valence-corrected chi connectivity index (χ2v) is 3.96. The summed E-state index contributed by atoms with van der Waals surface area (Å²) >= 11 is 0. The summed E-state index contributed by atoms with van der Waals surface area (Å²) in [5.74, 6) is 0.716. The molecular weight excluding hydrogens is 201 g/mol. The Bertz CT molecular complexity index is 226. The average molecular weight is 220 g/mol. The first-order chi connectivity index (χ1) is 6.82. The van der Waals surface area contributed by atoms with E-state index in [1.54, 1.807) is 0 Å². The summed E-state index contributed by atoms with van der Waals surface area (Å²) in [6.45, 7) is 9.26. The van der Waals surface area contributed by atoms with E-state index in [1.807, 2.05) is 13.8 Å². The molecule has 0 saturated carbocycles. The molecule has 0 aliphatic rings. The molecule has 15 heavy (non-hydrogen) atoms. The number of rotatable bonds is 5. The predicted molar refractivity (Wildman–Crippen MR) is 57.6 cm³/mol. The van der Waals surface area contributed by atoms with Gasteiger partial charge in [-0.25, -0.2) is 0 Å². The van der Waals surface area contributed by atoms with E-state index >= 15 is 0 Å². The van der Waals surface area contributed by atoms with Gasteiger partial charge in [-0.2, -0.15) is 13.2 Å². The van der Waals surface area contributed by atoms with Gasteiger partial charge >= 0.3 is 6.18 Å². The fourth-order valence-electron chi connectivity index (χ4n) is 1.26. The highest BCUT2D eigenvalue weighted by Crippen LogP contribution is 2.28. The summed E-state index contributed by atoms with van der Waals surface area (Å²) in [6.07, 6.45) is -0.704. The summed E-state index contributed by atoms with van der Waals surface area (Å²) in [5.41, 5.74) is -0.627. The molecule has 3 heteroatoms. The second-order valence-electron chi connectivity index (χ2n) is 3.96. The molecule has 0 rings (SSSR count). The third kappa shape index (κ3) is 5.05. The quantitative estimate of drug-likeness (QED) is 0.587. The lowest BCUT2D eigenvalue weighted by Gasteiger charge is -2.17. The molecule has 0 aliphatic carbocycles. The molecule has 0 aromatic heterocycles. The zero-order valence-corrected chi connectivity index (χ0v) is 9.56. The first-order valence-corrected chi connectivity index (χ1v) is 5.22. The number of allylic oxidation sites excluding steroid dienone is 3. The molecule has 2 atom stereocenters. The average Bonchev–Trinajstić information content (AvgIpc) is 2.15. The van der Waals surface area contributed by atoms with Crippen molar-refractivity contribution < 1.29 is 13.2 Å². The van der Waals surface area contributed by atoms with E-state index in [0.29, 0.717) is 12.3 Å². The molecule has 0 amide bonds. The molecule has 0 bridgehead atoms. The lowest BCUT2D eigenvalue weighted by atomic mass is 9.90. The first kappa shape index (κ1) is 14.3. The van der Waals surface area contributed by atoms with Gasteiger partial charge in [0.2, 0.25) is 0 Å². The highest BCUT2D eigenvalue weighted by atomic mass is 19.4. The number of hydrogen-bond acceptors (Lipinski definition) is 0. The maximum Gasteiger partial charge on any atom is 0.416 e. The van der Waals surface area contributed by atoms with E-state index in [4.69, 9.17) is 0 Å². The Labute approximate surface area is 89.9 Å². The maximum absolute atomic E-state index is 12.3. The molecule has 0 radical (unpaired) electrons. The van der Waals surface area contributed by atoms with Gasteiger partial charge in [0.15, 0.2) is 0 Å². The van der Waals surface area contributed by atoms with Crippen LogP contribution in [-0.4, -0.2) is 6.18 Å². The Morgan fingerprint density at radius 2 is 1.80 bits per heavy atom. The molecule has 2 unspecified atom stereocenters. The molecule has 0 saturated heterocycles. The van der Waals surface area contributed by atoms with Crippen LogP contribution in [0.3, 0.4) is 0 Å². The van der Waals surface area contributed by atoms with Crippen molar-refractivity contribution in [1.29, 1.82) is 0 Å². The zero-order chi connectivity index (χ0) is 12.1. The number of hydrogen-bond donors (Lipinski definition) is 0. The van der Waals surface area contributed by atoms with Crippen LogP contribution in [-0.2, 0) is 0 Å². The summed E-state index contributed by atoms with van der Waals surface area (Å²) in [4.78, 5) is 0. The fourth-order valence-corrected chi connectivity index (χ4v) is 1.26. The van der Waals surface area contributed by atoms with Crippen LogP contribution in [0.5, 0.6) is 0 Å². The van der Waals surface area contributed by atoms with Crippen molar-refractivity contribution in [3.63, 3.8) is 0 Å². The van der Waals surface area contributed by atoms with Gasteiger partial charge in [0.25, 0.3) is 0 Å². The first-order valence-electron chi connectivity index (χ1n) is 5.22. The van der Waals surface area contributed by atoms with Crippen LogP contribution in [0.1, 0.15) is 33.6 Å². The van der Waals surface area contributed by atoms with Crippen LogP contribution in [0, 0.1) is 11.8 Å². The van der Waals surface area contributed by atoms with Crippen molar-refractivity contribution in [2.75, 3.05) is 0 Å². The SMILES string of the molecule is C=CC(=CCC(C)C(C)CC)C(F)(F)F. The minimum atomic E-state index is -4.27. The van der Waals surface area contributed by atoms with Crippen molar-refractivity contribution in [1.82, 2.24) is 0 Å². The number of alkyl halides is 3. The highest BCUT2D eigenvalue weighted by molar-refractivity contribution is 5.21. The van der Waals surface area contributed by atoms with Crippen molar-refractivity contribution in [2.45, 2.75) is 39.8 Å². The lowest BCUT2D eigenvalue weighted by molar-refractivity contribution is -0.0884. The Balaban J connectivity index is 4.42. The van der Waals surface area contributed by atoms with Gasteiger partial charge in [0.1, 0.15) is 0 Å². The Hall–Kier alpha value is -0.730. The van der Waals surface area contributed by atoms with Crippen molar-refractivity contribution in [3.8, 4) is 0 Å². The summed E-state index contributed by atoms with van der Waals surface area (Å²) in [6, 6.07) is 0. The fraction of sp³-hybridized carbons (Fsp3) is 0.667. The predicted octanol–water partition coefficient (Wildman–Crippen LogP) is 4.73. The van der Waals surface area contributed by atoms with Crippen LogP contribution < -0.4 is 0 Å². The Morgan fingerprint density at radius 3 is 2.13 bits per heavy atom. The smallest absolute Gasteiger partial charge is 0.166 e. The normalized spacial score (nSPS) is 17.3. The van der Waals surface area contributed by atoms with Crippen molar-refractivity contribution >= 4 is 0 Å². The maximum atomic E-state index is 12.3. The van der Waals surface area contributed by atoms with Crippen molar-refractivity contribution in [2.24, 2.45) is 11.8 Å². The standard InChI is InChI=1S/C12H19F3/c1-5-9(3)10(4)7-8-11(6-2)12(13,14)15/h6,8-10H,2,5,7H2,1,3-4H3. The van der Waals surface area contributed by atoms with Gasteiger partial charge in [-0.3, -0.25) is 0 Å². The van der Waals surface area contributed by atoms with Gasteiger partial charge in [0, 0.05) is 0 Å². The second kappa shape index (κ2) is 5.99. The highest BCUT2D eigenvalue weighted by Gasteiger charge is 2.31. The van der Waals surface area contributed by atoms with E-state index in [2.05, 4.69) is 13.5 Å². The van der Waals surface area contributed by atoms with Crippen LogP contribution in [0.2, 0.25) is 0 Å². The Kier molecular flexibility index (Phi) is 5.69. The minimum absolute atomic E-state index is 0.271. The van der Waals surface area contributed by atoms with E-state index in [-0.39, 0.29) is 5.92 Å². The summed E-state index contributed by atoms with van der Waals surface area (Å²) in [7, 11) is 0. The molecule has 0 heterocycles. The van der Waals surface area contributed by atoms with E-state index in [0.717, 1.165) is 12.5 Å². The van der Waals surface area contributed by atoms with Crippen LogP contribution in [0.25, 0.3) is 0 Å². The van der Waals surface area contributed by atoms with Gasteiger partial charge in [-0.05, 0) is 18.3 Å². The molecule has 88 valence electrons. The van der Waals surface area contributed by atoms with Gasteiger partial charge < -0.3 is 0 Å².